The minimum absolute atomic E-state index is 0.00136. The van der Waals surface area contributed by atoms with E-state index in [4.69, 9.17) is 0 Å². The van der Waals surface area contributed by atoms with Gasteiger partial charge in [-0.25, -0.2) is 4.98 Å². The highest BCUT2D eigenvalue weighted by atomic mass is 32.2. The van der Waals surface area contributed by atoms with Crippen molar-refractivity contribution >= 4 is 28.1 Å². The van der Waals surface area contributed by atoms with Crippen molar-refractivity contribution in [1.82, 2.24) is 14.3 Å². The Morgan fingerprint density at radius 3 is 2.70 bits per heavy atom. The van der Waals surface area contributed by atoms with Gasteiger partial charge in [-0.15, -0.1) is 23.1 Å². The largest absolute Gasteiger partial charge is 0.296 e. The van der Waals surface area contributed by atoms with E-state index in [0.29, 0.717) is 6.54 Å². The van der Waals surface area contributed by atoms with Gasteiger partial charge in [-0.3, -0.25) is 14.1 Å². The van der Waals surface area contributed by atoms with Crippen LogP contribution in [0.25, 0.3) is 4.96 Å². The zero-order valence-electron chi connectivity index (χ0n) is 13.4. The molecule has 1 aromatic carbocycles. The molecule has 0 saturated carbocycles. The first kappa shape index (κ1) is 16.2. The third kappa shape index (κ3) is 3.65. The number of thiazole rings is 1. The van der Waals surface area contributed by atoms with Crippen molar-refractivity contribution in [3.8, 4) is 0 Å². The van der Waals surface area contributed by atoms with Crippen molar-refractivity contribution in [2.75, 3.05) is 13.3 Å². The van der Waals surface area contributed by atoms with E-state index < -0.39 is 0 Å². The molecule has 0 aliphatic heterocycles. The summed E-state index contributed by atoms with van der Waals surface area (Å²) in [6.45, 7) is 3.42. The van der Waals surface area contributed by atoms with Gasteiger partial charge in [-0.05, 0) is 37.9 Å². The fourth-order valence-electron chi connectivity index (χ4n) is 2.56. The standard InChI is InChI=1S/C17H19N3OS2/c1-12-11-23-17-18-14(8-16(21)20(12)17)10-19(2)9-13-4-6-15(22-3)7-5-13/h4-8,11H,9-10H2,1-3H3. The predicted octanol–water partition coefficient (Wildman–Crippen LogP) is 3.42. The SMILES string of the molecule is CSc1ccc(CN(C)Cc2cc(=O)n3c(C)csc3n2)cc1. The lowest BCUT2D eigenvalue weighted by molar-refractivity contribution is 0.315. The van der Waals surface area contributed by atoms with E-state index in [1.807, 2.05) is 19.4 Å². The molecule has 0 bridgehead atoms. The van der Waals surface area contributed by atoms with Crippen molar-refractivity contribution < 1.29 is 0 Å². The Morgan fingerprint density at radius 1 is 1.26 bits per heavy atom. The average molecular weight is 345 g/mol. The first-order valence-electron chi connectivity index (χ1n) is 7.35. The second kappa shape index (κ2) is 6.86. The van der Waals surface area contributed by atoms with Crippen molar-refractivity contribution in [1.29, 1.82) is 0 Å². The van der Waals surface area contributed by atoms with Crippen LogP contribution in [0.4, 0.5) is 0 Å². The first-order valence-corrected chi connectivity index (χ1v) is 9.45. The van der Waals surface area contributed by atoms with Gasteiger partial charge < -0.3 is 0 Å². The summed E-state index contributed by atoms with van der Waals surface area (Å²) < 4.78 is 1.66. The van der Waals surface area contributed by atoms with E-state index in [-0.39, 0.29) is 5.56 Å². The maximum atomic E-state index is 12.2. The second-order valence-electron chi connectivity index (χ2n) is 5.60. The molecule has 3 rings (SSSR count). The normalized spacial score (nSPS) is 11.5. The van der Waals surface area contributed by atoms with Crippen molar-refractivity contribution in [2.45, 2.75) is 24.9 Å². The van der Waals surface area contributed by atoms with Gasteiger partial charge in [0.15, 0.2) is 4.96 Å². The number of hydrogen-bond acceptors (Lipinski definition) is 5. The van der Waals surface area contributed by atoms with Gasteiger partial charge in [0, 0.05) is 35.1 Å². The average Bonchev–Trinajstić information content (AvgIpc) is 2.89. The maximum absolute atomic E-state index is 12.2. The summed E-state index contributed by atoms with van der Waals surface area (Å²) in [4.78, 5) is 21.0. The summed E-state index contributed by atoms with van der Waals surface area (Å²) in [5, 5.41) is 1.96. The molecule has 0 aliphatic rings. The van der Waals surface area contributed by atoms with Gasteiger partial charge >= 0.3 is 0 Å². The summed E-state index contributed by atoms with van der Waals surface area (Å²) in [7, 11) is 2.05. The Bertz CT molecular complexity index is 868. The van der Waals surface area contributed by atoms with E-state index in [1.54, 1.807) is 22.2 Å². The Morgan fingerprint density at radius 2 is 2.00 bits per heavy atom. The van der Waals surface area contributed by atoms with E-state index in [1.165, 1.54) is 21.8 Å². The van der Waals surface area contributed by atoms with Crippen molar-refractivity contribution in [3.63, 3.8) is 0 Å². The van der Waals surface area contributed by atoms with E-state index in [9.17, 15) is 4.79 Å². The van der Waals surface area contributed by atoms with Gasteiger partial charge in [0.2, 0.25) is 0 Å². The van der Waals surface area contributed by atoms with Gasteiger partial charge in [-0.2, -0.15) is 0 Å². The minimum Gasteiger partial charge on any atom is -0.296 e. The third-order valence-corrected chi connectivity index (χ3v) is 5.36. The lowest BCUT2D eigenvalue weighted by Gasteiger charge is -2.16. The molecular weight excluding hydrogens is 326 g/mol. The van der Waals surface area contributed by atoms with Gasteiger partial charge in [0.1, 0.15) is 0 Å². The first-order chi connectivity index (χ1) is 11.1. The molecule has 0 radical (unpaired) electrons. The number of aryl methyl sites for hydroxylation is 1. The van der Waals surface area contributed by atoms with Crippen LogP contribution in [0.2, 0.25) is 0 Å². The number of fused-ring (bicyclic) bond motifs is 1. The molecule has 2 heterocycles. The number of thioether (sulfide) groups is 1. The van der Waals surface area contributed by atoms with Crippen molar-refractivity contribution in [2.24, 2.45) is 0 Å². The highest BCUT2D eigenvalue weighted by Gasteiger charge is 2.09. The maximum Gasteiger partial charge on any atom is 0.259 e. The van der Waals surface area contributed by atoms with E-state index in [0.717, 1.165) is 22.9 Å². The highest BCUT2D eigenvalue weighted by molar-refractivity contribution is 7.98. The number of aromatic nitrogens is 2. The molecule has 2 aromatic heterocycles. The monoisotopic (exact) mass is 345 g/mol. The Labute approximate surface area is 143 Å². The van der Waals surface area contributed by atoms with Gasteiger partial charge in [0.25, 0.3) is 5.56 Å². The minimum atomic E-state index is 0.00136. The fraction of sp³-hybridized carbons (Fsp3) is 0.294. The van der Waals surface area contributed by atoms with Gasteiger partial charge in [0.05, 0.1) is 5.69 Å². The highest BCUT2D eigenvalue weighted by Crippen LogP contribution is 2.16. The molecule has 23 heavy (non-hydrogen) atoms. The molecule has 0 atom stereocenters. The van der Waals surface area contributed by atoms with Crippen LogP contribution in [-0.4, -0.2) is 27.6 Å². The molecule has 0 N–H and O–H groups in total. The lowest BCUT2D eigenvalue weighted by Crippen LogP contribution is -2.21. The number of hydrogen-bond donors (Lipinski definition) is 0. The third-order valence-electron chi connectivity index (χ3n) is 3.67. The zero-order valence-corrected chi connectivity index (χ0v) is 15.1. The van der Waals surface area contributed by atoms with Crippen LogP contribution in [0, 0.1) is 6.92 Å². The van der Waals surface area contributed by atoms with Crippen LogP contribution in [-0.2, 0) is 13.1 Å². The molecule has 0 amide bonds. The molecule has 0 fully saturated rings. The number of nitrogens with zero attached hydrogens (tertiary/aromatic N) is 3. The molecule has 3 aromatic rings. The number of benzene rings is 1. The molecule has 120 valence electrons. The van der Waals surface area contributed by atoms with E-state index in [2.05, 4.69) is 40.4 Å². The summed E-state index contributed by atoms with van der Waals surface area (Å²) in [6.07, 6.45) is 2.08. The quantitative estimate of drug-likeness (QED) is 0.664. The fourth-order valence-corrected chi connectivity index (χ4v) is 3.86. The van der Waals surface area contributed by atoms with E-state index >= 15 is 0 Å². The van der Waals surface area contributed by atoms with Crippen LogP contribution in [0.1, 0.15) is 17.0 Å². The molecular formula is C17H19N3OS2. The Hall–Kier alpha value is -1.63. The zero-order chi connectivity index (χ0) is 16.4. The summed E-state index contributed by atoms with van der Waals surface area (Å²) in [6, 6.07) is 10.2. The smallest absolute Gasteiger partial charge is 0.259 e. The van der Waals surface area contributed by atoms with Crippen LogP contribution < -0.4 is 5.56 Å². The second-order valence-corrected chi connectivity index (χ2v) is 7.32. The molecule has 6 heteroatoms. The number of rotatable bonds is 5. The van der Waals surface area contributed by atoms with Crippen molar-refractivity contribution in [3.05, 3.63) is 63.0 Å². The molecule has 0 aliphatic carbocycles. The van der Waals surface area contributed by atoms with Gasteiger partial charge in [-0.1, -0.05) is 12.1 Å². The lowest BCUT2D eigenvalue weighted by atomic mass is 10.2. The predicted molar refractivity (Wildman–Crippen MR) is 97.5 cm³/mol. The van der Waals surface area contributed by atoms with Crippen LogP contribution >= 0.6 is 23.1 Å². The molecule has 0 spiro atoms. The van der Waals surface area contributed by atoms with Crippen LogP contribution in [0.5, 0.6) is 0 Å². The summed E-state index contributed by atoms with van der Waals surface area (Å²) >= 11 is 3.25. The Balaban J connectivity index is 1.74. The van der Waals surface area contributed by atoms with Crippen LogP contribution in [0.15, 0.2) is 45.4 Å². The molecule has 0 saturated heterocycles. The molecule has 4 nitrogen and oxygen atoms in total. The molecule has 0 unspecified atom stereocenters. The summed E-state index contributed by atoms with van der Waals surface area (Å²) in [5.41, 5.74) is 3.02. The summed E-state index contributed by atoms with van der Waals surface area (Å²) in [5.74, 6) is 0. The van der Waals surface area contributed by atoms with Crippen LogP contribution in [0.3, 0.4) is 0 Å². The Kier molecular flexibility index (Phi) is 4.84. The topological polar surface area (TPSA) is 37.6 Å².